The molecular formula is C45H71N13O10. The fourth-order valence-electron chi connectivity index (χ4n) is 7.40. The largest absolute Gasteiger partial charge is 0.508 e. The van der Waals surface area contributed by atoms with Crippen LogP contribution in [0.1, 0.15) is 84.9 Å². The molecule has 23 heteroatoms. The van der Waals surface area contributed by atoms with Gasteiger partial charge in [-0.15, -0.1) is 0 Å². The van der Waals surface area contributed by atoms with Crippen molar-refractivity contribution in [3.8, 4) is 5.75 Å². The van der Waals surface area contributed by atoms with Crippen molar-refractivity contribution in [2.75, 3.05) is 26.7 Å². The molecule has 0 radical (unpaired) electrons. The number of carboxylic acids is 1. The van der Waals surface area contributed by atoms with Crippen LogP contribution < -0.4 is 48.7 Å². The van der Waals surface area contributed by atoms with Gasteiger partial charge in [-0.25, -0.2) is 9.78 Å². The molecule has 0 spiro atoms. The number of aliphatic carboxylic acids is 1. The summed E-state index contributed by atoms with van der Waals surface area (Å²) in [5.74, 6) is -7.43. The van der Waals surface area contributed by atoms with Gasteiger partial charge >= 0.3 is 5.97 Å². The summed E-state index contributed by atoms with van der Waals surface area (Å²) in [6.45, 7) is 10.7. The first-order chi connectivity index (χ1) is 32.2. The van der Waals surface area contributed by atoms with Crippen LogP contribution >= 0.6 is 0 Å². The second-order valence-corrected chi connectivity index (χ2v) is 17.5. The van der Waals surface area contributed by atoms with E-state index in [4.69, 9.17) is 11.5 Å². The van der Waals surface area contributed by atoms with E-state index in [0.29, 0.717) is 30.5 Å². The van der Waals surface area contributed by atoms with Crippen LogP contribution in [0.2, 0.25) is 0 Å². The highest BCUT2D eigenvalue weighted by Gasteiger charge is 2.43. The van der Waals surface area contributed by atoms with Gasteiger partial charge in [0.15, 0.2) is 5.96 Å². The maximum atomic E-state index is 14.4. The van der Waals surface area contributed by atoms with Crippen LogP contribution in [0.25, 0.3) is 0 Å². The van der Waals surface area contributed by atoms with E-state index in [0.717, 1.165) is 0 Å². The van der Waals surface area contributed by atoms with Gasteiger partial charge < -0.3 is 68.8 Å². The molecular weight excluding hydrogens is 883 g/mol. The van der Waals surface area contributed by atoms with Gasteiger partial charge in [-0.05, 0) is 61.8 Å². The lowest BCUT2D eigenvalue weighted by Gasteiger charge is -2.42. The Balaban J connectivity index is 1.90. The van der Waals surface area contributed by atoms with Crippen LogP contribution in [0.5, 0.6) is 5.75 Å². The Kier molecular flexibility index (Phi) is 22.2. The zero-order valence-corrected chi connectivity index (χ0v) is 40.0. The number of hydrogen-bond donors (Lipinski definition) is 12. The molecule has 3 rings (SSSR count). The molecule has 1 aliphatic rings. The Labute approximate surface area is 396 Å². The van der Waals surface area contributed by atoms with Gasteiger partial charge in [-0.3, -0.25) is 38.6 Å². The number of hydrogen-bond acceptors (Lipinski definition) is 12. The number of H-pyrrole nitrogens is 1. The minimum Gasteiger partial charge on any atom is -0.508 e. The number of amides is 7. The number of phenols is 1. The first-order valence-electron chi connectivity index (χ1n) is 23.0. The first-order valence-corrected chi connectivity index (χ1v) is 23.0. The Bertz CT molecular complexity index is 2050. The van der Waals surface area contributed by atoms with Crippen molar-refractivity contribution in [1.29, 1.82) is 0 Å². The monoisotopic (exact) mass is 954 g/mol. The predicted octanol–water partition coefficient (Wildman–Crippen LogP) is -1.48. The number of aromatic nitrogens is 2. The number of nitrogens with one attached hydrogen (secondary N) is 8. The maximum absolute atomic E-state index is 14.4. The van der Waals surface area contributed by atoms with Crippen molar-refractivity contribution in [2.24, 2.45) is 34.2 Å². The van der Waals surface area contributed by atoms with E-state index in [1.54, 1.807) is 60.7 Å². The van der Waals surface area contributed by atoms with E-state index < -0.39 is 101 Å². The summed E-state index contributed by atoms with van der Waals surface area (Å²) in [7, 11) is 1.57. The van der Waals surface area contributed by atoms with E-state index in [1.807, 2.05) is 0 Å². The highest BCUT2D eigenvalue weighted by atomic mass is 16.4. The van der Waals surface area contributed by atoms with Gasteiger partial charge in [0, 0.05) is 37.8 Å². The number of likely N-dealkylation sites (tertiary alicyclic amines) is 1. The molecule has 376 valence electrons. The number of aromatic hydroxyl groups is 1. The number of nitrogens with two attached hydrogens (primary N) is 2. The second-order valence-electron chi connectivity index (χ2n) is 17.5. The lowest BCUT2D eigenvalue weighted by atomic mass is 9.94. The number of phenolic OH excluding ortho intramolecular Hbond substituents is 1. The number of guanidine groups is 1. The molecule has 1 aliphatic heterocycles. The summed E-state index contributed by atoms with van der Waals surface area (Å²) in [5, 5.41) is 38.7. The number of carboxylic acid groups (broad SMARTS) is 1. The Hall–Kier alpha value is -6.78. The summed E-state index contributed by atoms with van der Waals surface area (Å²) < 4.78 is 0. The lowest BCUT2D eigenvalue weighted by molar-refractivity contribution is -0.152. The molecule has 7 amide bonds. The molecule has 0 bridgehead atoms. The Morgan fingerprint density at radius 1 is 0.794 bits per heavy atom. The van der Waals surface area contributed by atoms with Gasteiger partial charge in [-0.1, -0.05) is 66.5 Å². The zero-order valence-electron chi connectivity index (χ0n) is 40.0. The normalized spacial score (nSPS) is 16.8. The molecule has 1 aromatic carbocycles. The topological polar surface area (TPSA) is 358 Å². The van der Waals surface area contributed by atoms with Crippen molar-refractivity contribution in [3.05, 3.63) is 48.0 Å². The molecule has 9 atom stereocenters. The van der Waals surface area contributed by atoms with E-state index in [1.165, 1.54) is 29.6 Å². The molecule has 2 aromatic rings. The summed E-state index contributed by atoms with van der Waals surface area (Å²) in [4.78, 5) is 121. The number of nitrogens with zero attached hydrogens (tertiary/aromatic N) is 3. The van der Waals surface area contributed by atoms with Crippen LogP contribution in [0.3, 0.4) is 0 Å². The molecule has 68 heavy (non-hydrogen) atoms. The molecule has 1 fully saturated rings. The average Bonchev–Trinajstić information content (AvgIpc) is 3.79. The first kappa shape index (κ1) is 55.5. The predicted molar refractivity (Wildman–Crippen MR) is 251 cm³/mol. The Morgan fingerprint density at radius 3 is 1.94 bits per heavy atom. The number of aromatic amines is 1. The second kappa shape index (κ2) is 27.1. The van der Waals surface area contributed by atoms with Crippen molar-refractivity contribution >= 4 is 53.3 Å². The summed E-state index contributed by atoms with van der Waals surface area (Å²) in [6.07, 6.45) is 4.28. The number of aliphatic imine (C=N–C) groups is 1. The van der Waals surface area contributed by atoms with Crippen molar-refractivity contribution in [1.82, 2.24) is 52.1 Å². The van der Waals surface area contributed by atoms with Crippen molar-refractivity contribution in [2.45, 2.75) is 129 Å². The highest BCUT2D eigenvalue weighted by molar-refractivity contribution is 5.98. The number of carbonyl (C=O) groups excluding carboxylic acids is 7. The third-order valence-electron chi connectivity index (χ3n) is 12.0. The molecule has 1 aromatic heterocycles. The van der Waals surface area contributed by atoms with Crippen LogP contribution in [0.15, 0.2) is 41.8 Å². The molecule has 23 nitrogen and oxygen atoms in total. The van der Waals surface area contributed by atoms with Crippen LogP contribution in [-0.4, -0.2) is 147 Å². The number of likely N-dealkylation sites (N-methyl/N-ethyl adjacent to an activating group) is 1. The molecule has 0 saturated carbocycles. The number of imidazole rings is 1. The van der Waals surface area contributed by atoms with Gasteiger partial charge in [-0.2, -0.15) is 0 Å². The molecule has 1 unspecified atom stereocenters. The average molecular weight is 954 g/mol. The van der Waals surface area contributed by atoms with E-state index in [-0.39, 0.29) is 62.9 Å². The molecule has 2 heterocycles. The minimum absolute atomic E-state index is 0.0375. The third-order valence-corrected chi connectivity index (χ3v) is 12.0. The third kappa shape index (κ3) is 16.8. The number of benzene rings is 1. The van der Waals surface area contributed by atoms with Gasteiger partial charge in [0.25, 0.3) is 0 Å². The fourth-order valence-corrected chi connectivity index (χ4v) is 7.40. The fraction of sp³-hybridized carbons (Fsp3) is 0.600. The highest BCUT2D eigenvalue weighted by Crippen LogP contribution is 2.22. The smallest absolute Gasteiger partial charge is 0.326 e. The number of carbonyl (C=O) groups is 8. The van der Waals surface area contributed by atoms with E-state index >= 15 is 0 Å². The van der Waals surface area contributed by atoms with Gasteiger partial charge in [0.2, 0.25) is 41.4 Å². The number of rotatable bonds is 28. The standard InChI is InChI=1S/C45H71N13O10/c1-8-25(5)36(42(65)54-32(20-28-21-49-23-51-28)43(66)58-18-16-33(58)40(63)57-37(44(67)68)26(6)9-2)56-39(62)31(19-27-12-14-29(59)15-13-27)53-41(64)35(24(3)4)55-38(61)30(52-34(60)22-48-7)11-10-17-50-45(46)47/h12-15,21,23-26,30-33,35-37,48,59H,8-11,16-20,22H2,1-7H3,(H,49,51)(H,52,60)(H,53,64)(H,54,65)(H,55,61)(H,56,62)(H,57,63)(H,67,68)(H4,46,47,50)/t25-,26+,30-,31-,32-,33?,35-,36-,37-/m0/s1. The maximum Gasteiger partial charge on any atom is 0.326 e. The molecule has 14 N–H and O–H groups in total. The van der Waals surface area contributed by atoms with Gasteiger partial charge in [0.1, 0.15) is 48.0 Å². The zero-order chi connectivity index (χ0) is 50.7. The SMILES string of the molecule is CC[C@@H](C)[C@H](NC(=O)C1CCN1C(=O)[C@H](Cc1cnc[nH]1)NC(=O)[C@@H](NC(=O)[C@H](Cc1ccc(O)cc1)NC(=O)[C@@H](NC(=O)[C@H](CCCN=C(N)N)NC(=O)CNC)C(C)C)[C@@H](C)CC)C(=O)O. The molecule has 0 aliphatic carbocycles. The van der Waals surface area contributed by atoms with Crippen molar-refractivity contribution in [3.63, 3.8) is 0 Å². The van der Waals surface area contributed by atoms with Crippen LogP contribution in [0, 0.1) is 17.8 Å². The summed E-state index contributed by atoms with van der Waals surface area (Å²) >= 11 is 0. The van der Waals surface area contributed by atoms with Gasteiger partial charge in [0.05, 0.1) is 12.9 Å². The lowest BCUT2D eigenvalue weighted by Crippen LogP contribution is -2.65. The quantitative estimate of drug-likeness (QED) is 0.0263. The van der Waals surface area contributed by atoms with Crippen LogP contribution in [0.4, 0.5) is 0 Å². The summed E-state index contributed by atoms with van der Waals surface area (Å²) in [5.41, 5.74) is 11.9. The summed E-state index contributed by atoms with van der Waals surface area (Å²) in [6, 6.07) is -2.35. The minimum atomic E-state index is -1.34. The van der Waals surface area contributed by atoms with Crippen LogP contribution in [-0.2, 0) is 51.2 Å². The van der Waals surface area contributed by atoms with Crippen molar-refractivity contribution < 1.29 is 48.6 Å². The molecule has 1 saturated heterocycles. The Morgan fingerprint density at radius 2 is 1.40 bits per heavy atom. The van der Waals surface area contributed by atoms with E-state index in [2.05, 4.69) is 52.2 Å². The van der Waals surface area contributed by atoms with E-state index in [9.17, 15) is 48.6 Å².